The molecule has 1 N–H and O–H groups in total. The molecule has 0 radical (unpaired) electrons. The van der Waals surface area contributed by atoms with Crippen LogP contribution in [0.4, 0.5) is 5.69 Å². The molecular weight excluding hydrogens is 342 g/mol. The number of nitrogens with one attached hydrogen (secondary N) is 1. The maximum Gasteiger partial charge on any atom is 0.147 e. The van der Waals surface area contributed by atoms with E-state index in [1.54, 1.807) is 0 Å². The summed E-state index contributed by atoms with van der Waals surface area (Å²) < 4.78 is 2.50. The monoisotopic (exact) mass is 373 g/mol. The molecule has 0 bridgehead atoms. The molecule has 0 saturated heterocycles. The lowest BCUT2D eigenvalue weighted by Gasteiger charge is -2.19. The minimum absolute atomic E-state index is 0.864. The molecule has 0 atom stereocenters. The van der Waals surface area contributed by atoms with Crippen LogP contribution in [0.3, 0.4) is 0 Å². The molecular formula is C25H31N3. The van der Waals surface area contributed by atoms with Gasteiger partial charge >= 0.3 is 0 Å². The Bertz CT molecular complexity index is 1050. The molecule has 3 heteroatoms. The first-order chi connectivity index (χ1) is 13.5. The van der Waals surface area contributed by atoms with Crippen LogP contribution in [-0.2, 0) is 12.8 Å². The quantitative estimate of drug-likeness (QED) is 0.611. The minimum atomic E-state index is 0.864. The number of hydrogen-bond acceptors (Lipinski definition) is 2. The summed E-state index contributed by atoms with van der Waals surface area (Å²) in [6.45, 7) is 9.92. The van der Waals surface area contributed by atoms with Crippen molar-refractivity contribution < 1.29 is 0 Å². The van der Waals surface area contributed by atoms with Gasteiger partial charge in [0.1, 0.15) is 5.65 Å². The largest absolute Gasteiger partial charge is 0.384 e. The summed E-state index contributed by atoms with van der Waals surface area (Å²) in [6, 6.07) is 6.88. The van der Waals surface area contributed by atoms with Crippen LogP contribution in [0.25, 0.3) is 16.7 Å². The Kier molecular flexibility index (Phi) is 4.22. The van der Waals surface area contributed by atoms with E-state index in [1.165, 1.54) is 76.8 Å². The second-order valence-electron chi connectivity index (χ2n) is 9.05. The molecule has 2 aliphatic carbocycles. The van der Waals surface area contributed by atoms with Gasteiger partial charge in [0.15, 0.2) is 0 Å². The van der Waals surface area contributed by atoms with E-state index in [2.05, 4.69) is 55.8 Å². The van der Waals surface area contributed by atoms with E-state index < -0.39 is 0 Å². The normalized spacial score (nSPS) is 16.4. The number of anilines is 1. The lowest BCUT2D eigenvalue weighted by Crippen LogP contribution is -2.09. The van der Waals surface area contributed by atoms with Crippen molar-refractivity contribution in [2.45, 2.75) is 66.2 Å². The van der Waals surface area contributed by atoms with Gasteiger partial charge in [0.2, 0.25) is 0 Å². The van der Waals surface area contributed by atoms with Gasteiger partial charge in [-0.3, -0.25) is 4.57 Å². The van der Waals surface area contributed by atoms with E-state index in [4.69, 9.17) is 4.98 Å². The van der Waals surface area contributed by atoms with Gasteiger partial charge in [-0.05, 0) is 94.9 Å². The third kappa shape index (κ3) is 2.92. The van der Waals surface area contributed by atoms with Gasteiger partial charge in [-0.1, -0.05) is 17.7 Å². The second kappa shape index (κ2) is 6.65. The standard InChI is InChI=1S/C25H31N3/c1-15-11-16(2)24(17(3)12-15)28-22-8-6-5-7-20(22)23-21(26-14-19-9-10-19)13-18(4)27-25(23)28/h11-13,19H,5-10,14H2,1-4H3,(H,26,27). The van der Waals surface area contributed by atoms with E-state index in [1.807, 2.05) is 0 Å². The van der Waals surface area contributed by atoms with Crippen LogP contribution < -0.4 is 5.32 Å². The average Bonchev–Trinajstić information content (AvgIpc) is 3.42. The first-order valence-corrected chi connectivity index (χ1v) is 10.9. The van der Waals surface area contributed by atoms with Gasteiger partial charge in [-0.2, -0.15) is 0 Å². The van der Waals surface area contributed by atoms with Crippen molar-refractivity contribution in [3.8, 4) is 5.69 Å². The van der Waals surface area contributed by atoms with Crippen molar-refractivity contribution in [2.75, 3.05) is 11.9 Å². The molecule has 2 heterocycles. The van der Waals surface area contributed by atoms with E-state index >= 15 is 0 Å². The SMILES string of the molecule is Cc1cc(C)c(-n2c3c(c4c(NCC5CC5)cc(C)nc42)CCCC3)c(C)c1. The highest BCUT2D eigenvalue weighted by Crippen LogP contribution is 2.40. The molecule has 2 aromatic heterocycles. The summed E-state index contributed by atoms with van der Waals surface area (Å²) >= 11 is 0. The average molecular weight is 374 g/mol. The topological polar surface area (TPSA) is 29.9 Å². The number of fused-ring (bicyclic) bond motifs is 3. The number of benzene rings is 1. The number of rotatable bonds is 4. The summed E-state index contributed by atoms with van der Waals surface area (Å²) in [5, 5.41) is 5.17. The summed E-state index contributed by atoms with van der Waals surface area (Å²) in [5.74, 6) is 0.864. The number of pyridine rings is 1. The van der Waals surface area contributed by atoms with Crippen LogP contribution in [0.5, 0.6) is 0 Å². The zero-order valence-electron chi connectivity index (χ0n) is 17.7. The molecule has 5 rings (SSSR count). The number of nitrogens with zero attached hydrogens (tertiary/aromatic N) is 2. The molecule has 146 valence electrons. The maximum atomic E-state index is 5.09. The first-order valence-electron chi connectivity index (χ1n) is 10.9. The lowest BCUT2D eigenvalue weighted by molar-refractivity contribution is 0.665. The van der Waals surface area contributed by atoms with Crippen LogP contribution in [0, 0.1) is 33.6 Å². The van der Waals surface area contributed by atoms with Gasteiger partial charge in [0.05, 0.1) is 5.69 Å². The lowest BCUT2D eigenvalue weighted by atomic mass is 9.95. The number of hydrogen-bond donors (Lipinski definition) is 1. The fourth-order valence-electron chi connectivity index (χ4n) is 5.13. The molecule has 0 aliphatic heterocycles. The van der Waals surface area contributed by atoms with E-state index in [0.29, 0.717) is 0 Å². The Morgan fingerprint density at radius 2 is 1.71 bits per heavy atom. The van der Waals surface area contributed by atoms with Crippen molar-refractivity contribution in [2.24, 2.45) is 5.92 Å². The predicted molar refractivity (Wildman–Crippen MR) is 118 cm³/mol. The minimum Gasteiger partial charge on any atom is -0.384 e. The van der Waals surface area contributed by atoms with Crippen LogP contribution >= 0.6 is 0 Å². The van der Waals surface area contributed by atoms with Gasteiger partial charge in [-0.15, -0.1) is 0 Å². The van der Waals surface area contributed by atoms with Crippen molar-refractivity contribution >= 4 is 16.7 Å². The molecule has 2 aliphatic rings. The van der Waals surface area contributed by atoms with Crippen LogP contribution in [0.1, 0.15) is 59.3 Å². The maximum absolute atomic E-state index is 5.09. The van der Waals surface area contributed by atoms with Crippen molar-refractivity contribution in [1.82, 2.24) is 9.55 Å². The second-order valence-corrected chi connectivity index (χ2v) is 9.05. The summed E-state index contributed by atoms with van der Waals surface area (Å²) in [6.07, 6.45) is 7.64. The fraction of sp³-hybridized carbons (Fsp3) is 0.480. The smallest absolute Gasteiger partial charge is 0.147 e. The summed E-state index contributed by atoms with van der Waals surface area (Å²) in [7, 11) is 0. The first kappa shape index (κ1) is 17.8. The van der Waals surface area contributed by atoms with Crippen molar-refractivity contribution in [3.05, 3.63) is 51.8 Å². The molecule has 1 fully saturated rings. The Balaban J connectivity index is 1.80. The Labute approximate surface area is 168 Å². The van der Waals surface area contributed by atoms with Crippen molar-refractivity contribution in [1.29, 1.82) is 0 Å². The third-order valence-corrected chi connectivity index (χ3v) is 6.49. The zero-order chi connectivity index (χ0) is 19.4. The van der Waals surface area contributed by atoms with E-state index in [-0.39, 0.29) is 0 Å². The van der Waals surface area contributed by atoms with E-state index in [0.717, 1.165) is 30.2 Å². The molecule has 1 saturated carbocycles. The summed E-state index contributed by atoms with van der Waals surface area (Å²) in [5.41, 5.74) is 11.9. The van der Waals surface area contributed by atoms with Crippen molar-refractivity contribution in [3.63, 3.8) is 0 Å². The molecule has 0 amide bonds. The van der Waals surface area contributed by atoms with Gasteiger partial charge in [0.25, 0.3) is 0 Å². The Morgan fingerprint density at radius 3 is 2.43 bits per heavy atom. The van der Waals surface area contributed by atoms with E-state index in [9.17, 15) is 0 Å². The highest BCUT2D eigenvalue weighted by molar-refractivity contribution is 5.96. The summed E-state index contributed by atoms with van der Waals surface area (Å²) in [4.78, 5) is 5.09. The molecule has 0 unspecified atom stereocenters. The molecule has 3 aromatic rings. The number of aromatic nitrogens is 2. The Morgan fingerprint density at radius 1 is 1.00 bits per heavy atom. The number of aryl methyl sites for hydroxylation is 5. The highest BCUT2D eigenvalue weighted by atomic mass is 15.1. The molecule has 28 heavy (non-hydrogen) atoms. The van der Waals surface area contributed by atoms with Gasteiger partial charge < -0.3 is 5.32 Å². The van der Waals surface area contributed by atoms with Gasteiger partial charge in [0, 0.05) is 29.0 Å². The third-order valence-electron chi connectivity index (χ3n) is 6.49. The highest BCUT2D eigenvalue weighted by Gasteiger charge is 2.27. The Hall–Kier alpha value is -2.29. The van der Waals surface area contributed by atoms with Gasteiger partial charge in [-0.25, -0.2) is 4.98 Å². The van der Waals surface area contributed by atoms with Crippen LogP contribution in [0.2, 0.25) is 0 Å². The fourth-order valence-corrected chi connectivity index (χ4v) is 5.13. The molecule has 0 spiro atoms. The van der Waals surface area contributed by atoms with Crippen LogP contribution in [-0.4, -0.2) is 16.1 Å². The molecule has 1 aromatic carbocycles. The van der Waals surface area contributed by atoms with Crippen LogP contribution in [0.15, 0.2) is 18.2 Å². The predicted octanol–water partition coefficient (Wildman–Crippen LogP) is 5.96. The zero-order valence-corrected chi connectivity index (χ0v) is 17.7. The molecule has 3 nitrogen and oxygen atoms in total.